The maximum atomic E-state index is 6.01. The summed E-state index contributed by atoms with van der Waals surface area (Å²) in [5, 5.41) is 0. The zero-order valence-electron chi connectivity index (χ0n) is 9.97. The molecule has 0 saturated heterocycles. The van der Waals surface area contributed by atoms with Gasteiger partial charge in [0.05, 0.1) is 13.2 Å². The predicted molar refractivity (Wildman–Crippen MR) is 70.5 cm³/mol. The van der Waals surface area contributed by atoms with Crippen LogP contribution in [-0.2, 0) is 0 Å². The Morgan fingerprint density at radius 2 is 2.35 bits per heavy atom. The molecule has 0 bridgehead atoms. The lowest BCUT2D eigenvalue weighted by atomic mass is 10.2. The van der Waals surface area contributed by atoms with E-state index in [1.807, 2.05) is 18.2 Å². The molecule has 4 nitrogen and oxygen atoms in total. The normalized spacial score (nSPS) is 12.9. The van der Waals surface area contributed by atoms with Crippen molar-refractivity contribution >= 4 is 22.9 Å². The minimum Gasteiger partial charge on any atom is -0.497 e. The van der Waals surface area contributed by atoms with E-state index < -0.39 is 0 Å². The molecule has 2 N–H and O–H groups in total. The van der Waals surface area contributed by atoms with Gasteiger partial charge in [-0.05, 0) is 30.6 Å². The summed E-state index contributed by atoms with van der Waals surface area (Å²) in [5.74, 6) is 2.36. The van der Waals surface area contributed by atoms with Gasteiger partial charge in [-0.15, -0.1) is 0 Å². The molecule has 5 heteroatoms. The number of ether oxygens (including phenoxy) is 1. The molecule has 0 radical (unpaired) electrons. The van der Waals surface area contributed by atoms with Gasteiger partial charge in [-0.3, -0.25) is 0 Å². The van der Waals surface area contributed by atoms with E-state index in [9.17, 15) is 0 Å². The van der Waals surface area contributed by atoms with Crippen LogP contribution in [0.25, 0.3) is 11.1 Å². The molecule has 0 aliphatic rings. The molecule has 1 aromatic carbocycles. The van der Waals surface area contributed by atoms with E-state index in [0.717, 1.165) is 29.0 Å². The largest absolute Gasteiger partial charge is 0.497 e. The molecule has 1 unspecified atom stereocenters. The quantitative estimate of drug-likeness (QED) is 0.886. The summed E-state index contributed by atoms with van der Waals surface area (Å²) in [7, 11) is 1.63. The van der Waals surface area contributed by atoms with Gasteiger partial charge in [0, 0.05) is 6.07 Å². The average molecular weight is 252 g/mol. The standard InChI is InChI=1S/C12H16N2O2S/c1-15-8-3-4-10-11(7-8)16-12(14-10)9(13)5-6-17-2/h3-4,7,9H,5-6,13H2,1-2H3. The number of hydrogen-bond acceptors (Lipinski definition) is 5. The second-order valence-electron chi connectivity index (χ2n) is 3.77. The van der Waals surface area contributed by atoms with Gasteiger partial charge in [-0.1, -0.05) is 0 Å². The third-order valence-corrected chi connectivity index (χ3v) is 3.21. The molecule has 0 fully saturated rings. The van der Waals surface area contributed by atoms with E-state index in [4.69, 9.17) is 14.9 Å². The number of nitrogens with two attached hydrogens (primary N) is 1. The first-order chi connectivity index (χ1) is 8.24. The predicted octanol–water partition coefficient (Wildman–Crippen LogP) is 2.59. The molecule has 17 heavy (non-hydrogen) atoms. The SMILES string of the molecule is COc1ccc2nc(C(N)CCSC)oc2c1. The van der Waals surface area contributed by atoms with Crippen LogP contribution in [0.1, 0.15) is 18.4 Å². The summed E-state index contributed by atoms with van der Waals surface area (Å²) >= 11 is 1.77. The molecule has 2 aromatic rings. The Balaban J connectivity index is 2.24. The third-order valence-electron chi connectivity index (χ3n) is 2.56. The highest BCUT2D eigenvalue weighted by atomic mass is 32.2. The number of benzene rings is 1. The van der Waals surface area contributed by atoms with Crippen molar-refractivity contribution in [2.45, 2.75) is 12.5 Å². The van der Waals surface area contributed by atoms with Crippen molar-refractivity contribution in [3.63, 3.8) is 0 Å². The summed E-state index contributed by atoms with van der Waals surface area (Å²) < 4.78 is 10.8. The molecule has 92 valence electrons. The van der Waals surface area contributed by atoms with Gasteiger partial charge in [0.15, 0.2) is 5.58 Å². The lowest BCUT2D eigenvalue weighted by molar-refractivity contribution is 0.413. The Kier molecular flexibility index (Phi) is 3.91. The molecular weight excluding hydrogens is 236 g/mol. The first kappa shape index (κ1) is 12.3. The van der Waals surface area contributed by atoms with E-state index >= 15 is 0 Å². The summed E-state index contributed by atoms with van der Waals surface area (Å²) in [4.78, 5) is 4.38. The van der Waals surface area contributed by atoms with Crippen LogP contribution < -0.4 is 10.5 Å². The molecule has 0 amide bonds. The fourth-order valence-corrected chi connectivity index (χ4v) is 2.07. The van der Waals surface area contributed by atoms with Crippen LogP contribution in [0.15, 0.2) is 22.6 Å². The number of fused-ring (bicyclic) bond motifs is 1. The van der Waals surface area contributed by atoms with Gasteiger partial charge in [0.1, 0.15) is 11.3 Å². The molecule has 1 aromatic heterocycles. The van der Waals surface area contributed by atoms with E-state index in [0.29, 0.717) is 5.89 Å². The fourth-order valence-electron chi connectivity index (χ4n) is 1.58. The fraction of sp³-hybridized carbons (Fsp3) is 0.417. The lowest BCUT2D eigenvalue weighted by Gasteiger charge is -2.04. The number of rotatable bonds is 5. The van der Waals surface area contributed by atoms with E-state index in [1.165, 1.54) is 0 Å². The first-order valence-corrected chi connectivity index (χ1v) is 6.83. The van der Waals surface area contributed by atoms with Crippen molar-refractivity contribution in [3.05, 3.63) is 24.1 Å². The van der Waals surface area contributed by atoms with Crippen molar-refractivity contribution in [1.82, 2.24) is 4.98 Å². The Labute approximate surface area is 105 Å². The van der Waals surface area contributed by atoms with Crippen LogP contribution in [0.2, 0.25) is 0 Å². The Morgan fingerprint density at radius 1 is 1.53 bits per heavy atom. The average Bonchev–Trinajstić information content (AvgIpc) is 2.78. The summed E-state index contributed by atoms with van der Waals surface area (Å²) in [6.07, 6.45) is 2.93. The van der Waals surface area contributed by atoms with Crippen LogP contribution in [0.4, 0.5) is 0 Å². The minimum absolute atomic E-state index is 0.138. The highest BCUT2D eigenvalue weighted by molar-refractivity contribution is 7.98. The van der Waals surface area contributed by atoms with Crippen LogP contribution in [0, 0.1) is 0 Å². The molecule has 1 atom stereocenters. The van der Waals surface area contributed by atoms with Gasteiger partial charge < -0.3 is 14.9 Å². The summed E-state index contributed by atoms with van der Waals surface area (Å²) in [6, 6.07) is 5.43. The van der Waals surface area contributed by atoms with Gasteiger partial charge in [0.2, 0.25) is 5.89 Å². The third kappa shape index (κ3) is 2.73. The van der Waals surface area contributed by atoms with Crippen molar-refractivity contribution in [2.24, 2.45) is 5.73 Å². The van der Waals surface area contributed by atoms with E-state index in [-0.39, 0.29) is 6.04 Å². The molecule has 2 rings (SSSR count). The molecule has 0 spiro atoms. The number of thioether (sulfide) groups is 1. The second-order valence-corrected chi connectivity index (χ2v) is 4.76. The van der Waals surface area contributed by atoms with Crippen LogP contribution in [0.5, 0.6) is 5.75 Å². The minimum atomic E-state index is -0.138. The number of nitrogens with zero attached hydrogens (tertiary/aromatic N) is 1. The van der Waals surface area contributed by atoms with Gasteiger partial charge in [0.25, 0.3) is 0 Å². The number of methoxy groups -OCH3 is 1. The van der Waals surface area contributed by atoms with Crippen molar-refractivity contribution < 1.29 is 9.15 Å². The van der Waals surface area contributed by atoms with Crippen molar-refractivity contribution in [1.29, 1.82) is 0 Å². The van der Waals surface area contributed by atoms with Gasteiger partial charge in [-0.25, -0.2) is 4.98 Å². The molecular formula is C12H16N2O2S. The van der Waals surface area contributed by atoms with Crippen LogP contribution >= 0.6 is 11.8 Å². The second kappa shape index (κ2) is 5.42. The highest BCUT2D eigenvalue weighted by Gasteiger charge is 2.13. The molecule has 0 aliphatic carbocycles. The number of hydrogen-bond donors (Lipinski definition) is 1. The maximum absolute atomic E-state index is 6.01. The smallest absolute Gasteiger partial charge is 0.212 e. The first-order valence-electron chi connectivity index (χ1n) is 5.43. The Morgan fingerprint density at radius 3 is 3.06 bits per heavy atom. The highest BCUT2D eigenvalue weighted by Crippen LogP contribution is 2.24. The summed E-state index contributed by atoms with van der Waals surface area (Å²) in [6.45, 7) is 0. The van der Waals surface area contributed by atoms with Crippen LogP contribution in [0.3, 0.4) is 0 Å². The Hall–Kier alpha value is -1.20. The molecule has 0 aliphatic heterocycles. The molecule has 0 saturated carbocycles. The zero-order valence-corrected chi connectivity index (χ0v) is 10.8. The monoisotopic (exact) mass is 252 g/mol. The number of oxazole rings is 1. The Bertz CT molecular complexity index is 498. The maximum Gasteiger partial charge on any atom is 0.212 e. The summed E-state index contributed by atoms with van der Waals surface area (Å²) in [5.41, 5.74) is 7.56. The lowest BCUT2D eigenvalue weighted by Crippen LogP contribution is -2.11. The van der Waals surface area contributed by atoms with Crippen LogP contribution in [-0.4, -0.2) is 24.1 Å². The van der Waals surface area contributed by atoms with Gasteiger partial charge >= 0.3 is 0 Å². The number of aromatic nitrogens is 1. The van der Waals surface area contributed by atoms with Crippen molar-refractivity contribution in [2.75, 3.05) is 19.1 Å². The van der Waals surface area contributed by atoms with E-state index in [2.05, 4.69) is 11.2 Å². The topological polar surface area (TPSA) is 61.3 Å². The van der Waals surface area contributed by atoms with E-state index in [1.54, 1.807) is 18.9 Å². The van der Waals surface area contributed by atoms with Gasteiger partial charge in [-0.2, -0.15) is 11.8 Å². The van der Waals surface area contributed by atoms with Crippen molar-refractivity contribution in [3.8, 4) is 5.75 Å². The molecule has 1 heterocycles. The zero-order chi connectivity index (χ0) is 12.3.